The number of halogens is 3. The summed E-state index contributed by atoms with van der Waals surface area (Å²) in [5.41, 5.74) is 5.55. The second-order valence-corrected chi connectivity index (χ2v) is 4.57. The fraction of sp³-hybridized carbons (Fsp3) is 0.417. The standard InChI is InChI=1S/C12H11F3N4O/c13-12(14,15)9-6-19(5-8(9)11(17)20)10-4-18-2-1-7(10)3-16/h1-2,4,8-9H,5-6H2,(H2,17,20)/t8-,9-/m1/s1. The number of aromatic nitrogens is 1. The summed E-state index contributed by atoms with van der Waals surface area (Å²) >= 11 is 0. The summed E-state index contributed by atoms with van der Waals surface area (Å²) in [4.78, 5) is 16.3. The van der Waals surface area contributed by atoms with Gasteiger partial charge in [0.05, 0.1) is 29.3 Å². The molecule has 0 aromatic carbocycles. The highest BCUT2D eigenvalue weighted by Gasteiger charge is 2.52. The van der Waals surface area contributed by atoms with Crippen molar-refractivity contribution in [3.63, 3.8) is 0 Å². The first-order valence-electron chi connectivity index (χ1n) is 5.79. The molecule has 0 bridgehead atoms. The van der Waals surface area contributed by atoms with Crippen LogP contribution < -0.4 is 10.6 Å². The molecule has 1 aromatic rings. The molecule has 1 fully saturated rings. The Morgan fingerprint density at radius 3 is 2.70 bits per heavy atom. The lowest BCUT2D eigenvalue weighted by Crippen LogP contribution is -2.37. The van der Waals surface area contributed by atoms with Gasteiger partial charge in [-0.3, -0.25) is 9.78 Å². The van der Waals surface area contributed by atoms with E-state index in [0.717, 1.165) is 0 Å². The van der Waals surface area contributed by atoms with E-state index in [-0.39, 0.29) is 17.8 Å². The van der Waals surface area contributed by atoms with Gasteiger partial charge in [-0.1, -0.05) is 0 Å². The van der Waals surface area contributed by atoms with Crippen LogP contribution >= 0.6 is 0 Å². The third-order valence-electron chi connectivity index (χ3n) is 3.37. The fourth-order valence-corrected chi connectivity index (χ4v) is 2.35. The maximum absolute atomic E-state index is 12.9. The van der Waals surface area contributed by atoms with Crippen LogP contribution in [0.1, 0.15) is 5.56 Å². The van der Waals surface area contributed by atoms with Crippen molar-refractivity contribution in [2.24, 2.45) is 17.6 Å². The number of amides is 1. The first-order chi connectivity index (χ1) is 9.34. The molecule has 1 saturated heterocycles. The average Bonchev–Trinajstić information content (AvgIpc) is 2.83. The van der Waals surface area contributed by atoms with E-state index in [4.69, 9.17) is 11.0 Å². The normalized spacial score (nSPS) is 22.6. The van der Waals surface area contributed by atoms with E-state index < -0.39 is 30.5 Å². The van der Waals surface area contributed by atoms with Crippen molar-refractivity contribution in [2.75, 3.05) is 18.0 Å². The lowest BCUT2D eigenvalue weighted by Gasteiger charge is -2.20. The molecular weight excluding hydrogens is 273 g/mol. The van der Waals surface area contributed by atoms with Gasteiger partial charge in [0.15, 0.2) is 0 Å². The quantitative estimate of drug-likeness (QED) is 0.880. The summed E-state index contributed by atoms with van der Waals surface area (Å²) in [6.07, 6.45) is -1.82. The van der Waals surface area contributed by atoms with Crippen LogP contribution in [0.15, 0.2) is 18.5 Å². The molecule has 8 heteroatoms. The van der Waals surface area contributed by atoms with Crippen LogP contribution in [0.3, 0.4) is 0 Å². The van der Waals surface area contributed by atoms with Gasteiger partial charge in [0.1, 0.15) is 6.07 Å². The minimum absolute atomic E-state index is 0.167. The SMILES string of the molecule is N#Cc1ccncc1N1C[C@@H](C(F)(F)F)[C@H](C(N)=O)C1. The Morgan fingerprint density at radius 1 is 1.50 bits per heavy atom. The fourth-order valence-electron chi connectivity index (χ4n) is 2.35. The zero-order valence-corrected chi connectivity index (χ0v) is 10.3. The largest absolute Gasteiger partial charge is 0.394 e. The van der Waals surface area contributed by atoms with Gasteiger partial charge in [0.2, 0.25) is 5.91 Å². The van der Waals surface area contributed by atoms with Crippen LogP contribution in [0.2, 0.25) is 0 Å². The van der Waals surface area contributed by atoms with E-state index in [1.54, 1.807) is 0 Å². The molecule has 20 heavy (non-hydrogen) atoms. The molecule has 2 rings (SSSR count). The van der Waals surface area contributed by atoms with E-state index >= 15 is 0 Å². The molecule has 0 saturated carbocycles. The van der Waals surface area contributed by atoms with E-state index in [9.17, 15) is 18.0 Å². The first-order valence-corrected chi connectivity index (χ1v) is 5.79. The number of carbonyl (C=O) groups excluding carboxylic acids is 1. The van der Waals surface area contributed by atoms with Crippen molar-refractivity contribution in [1.29, 1.82) is 5.26 Å². The maximum Gasteiger partial charge on any atom is 0.394 e. The Morgan fingerprint density at radius 2 is 2.20 bits per heavy atom. The molecule has 0 aliphatic carbocycles. The van der Waals surface area contributed by atoms with E-state index in [1.807, 2.05) is 6.07 Å². The number of anilines is 1. The Labute approximate surface area is 112 Å². The smallest absolute Gasteiger partial charge is 0.369 e. The highest BCUT2D eigenvalue weighted by molar-refractivity contribution is 5.79. The van der Waals surface area contributed by atoms with Crippen molar-refractivity contribution >= 4 is 11.6 Å². The summed E-state index contributed by atoms with van der Waals surface area (Å²) in [5.74, 6) is -4.13. The summed E-state index contributed by atoms with van der Waals surface area (Å²) in [6, 6.07) is 3.30. The van der Waals surface area contributed by atoms with Gasteiger partial charge in [0, 0.05) is 19.3 Å². The van der Waals surface area contributed by atoms with Gasteiger partial charge in [-0.25, -0.2) is 0 Å². The van der Waals surface area contributed by atoms with Crippen molar-refractivity contribution in [3.05, 3.63) is 24.0 Å². The molecule has 106 valence electrons. The molecule has 5 nitrogen and oxygen atoms in total. The zero-order valence-electron chi connectivity index (χ0n) is 10.3. The van der Waals surface area contributed by atoms with Crippen LogP contribution in [-0.2, 0) is 4.79 Å². The molecule has 1 aliphatic rings. The van der Waals surface area contributed by atoms with Crippen LogP contribution in [0.5, 0.6) is 0 Å². The lowest BCUT2D eigenvalue weighted by atomic mass is 9.95. The third kappa shape index (κ3) is 2.52. The van der Waals surface area contributed by atoms with Gasteiger partial charge in [-0.05, 0) is 6.07 Å². The first kappa shape index (κ1) is 14.1. The predicted octanol–water partition coefficient (Wildman–Crippen LogP) is 1.05. The van der Waals surface area contributed by atoms with Gasteiger partial charge in [0.25, 0.3) is 0 Å². The summed E-state index contributed by atoms with van der Waals surface area (Å²) in [5, 5.41) is 8.96. The average molecular weight is 284 g/mol. The van der Waals surface area contributed by atoms with Crippen molar-refractivity contribution in [1.82, 2.24) is 4.98 Å². The zero-order chi connectivity index (χ0) is 14.9. The highest BCUT2D eigenvalue weighted by atomic mass is 19.4. The monoisotopic (exact) mass is 284 g/mol. The third-order valence-corrected chi connectivity index (χ3v) is 3.37. The molecule has 1 aliphatic heterocycles. The number of nitrogens with two attached hydrogens (primary N) is 1. The number of carbonyl (C=O) groups is 1. The van der Waals surface area contributed by atoms with Gasteiger partial charge < -0.3 is 10.6 Å². The number of hydrogen-bond donors (Lipinski definition) is 1. The Hall–Kier alpha value is -2.30. The Balaban J connectivity index is 2.33. The molecule has 0 unspecified atom stereocenters. The Bertz CT molecular complexity index is 567. The van der Waals surface area contributed by atoms with Crippen LogP contribution in [0.25, 0.3) is 0 Å². The number of nitriles is 1. The number of nitrogens with zero attached hydrogens (tertiary/aromatic N) is 3. The molecule has 0 spiro atoms. The maximum atomic E-state index is 12.9. The van der Waals surface area contributed by atoms with Crippen LogP contribution in [-0.4, -0.2) is 30.2 Å². The second-order valence-electron chi connectivity index (χ2n) is 4.57. The molecule has 1 aromatic heterocycles. The Kier molecular flexibility index (Phi) is 3.53. The molecule has 2 atom stereocenters. The van der Waals surface area contributed by atoms with Gasteiger partial charge >= 0.3 is 6.18 Å². The minimum atomic E-state index is -4.51. The molecule has 0 radical (unpaired) electrons. The summed E-state index contributed by atoms with van der Waals surface area (Å²) < 4.78 is 38.8. The molecular formula is C12H11F3N4O. The van der Waals surface area contributed by atoms with E-state index in [2.05, 4.69) is 4.98 Å². The number of hydrogen-bond acceptors (Lipinski definition) is 4. The number of primary amides is 1. The summed E-state index contributed by atoms with van der Waals surface area (Å²) in [6.45, 7) is -0.572. The topological polar surface area (TPSA) is 83.0 Å². The van der Waals surface area contributed by atoms with Crippen LogP contribution in [0.4, 0.5) is 18.9 Å². The van der Waals surface area contributed by atoms with Gasteiger partial charge in [-0.15, -0.1) is 0 Å². The van der Waals surface area contributed by atoms with Crippen molar-refractivity contribution in [2.45, 2.75) is 6.18 Å². The van der Waals surface area contributed by atoms with Crippen LogP contribution in [0, 0.1) is 23.2 Å². The summed E-state index contributed by atoms with van der Waals surface area (Å²) in [7, 11) is 0. The second kappa shape index (κ2) is 5.00. The van der Waals surface area contributed by atoms with E-state index in [1.165, 1.54) is 23.4 Å². The number of alkyl halides is 3. The van der Waals surface area contributed by atoms with E-state index in [0.29, 0.717) is 0 Å². The molecule has 1 amide bonds. The molecule has 2 N–H and O–H groups in total. The minimum Gasteiger partial charge on any atom is -0.369 e. The van der Waals surface area contributed by atoms with Crippen molar-refractivity contribution < 1.29 is 18.0 Å². The molecule has 2 heterocycles. The number of rotatable bonds is 2. The highest BCUT2D eigenvalue weighted by Crippen LogP contribution is 2.39. The van der Waals surface area contributed by atoms with Crippen molar-refractivity contribution in [3.8, 4) is 6.07 Å². The predicted molar refractivity (Wildman–Crippen MR) is 63.4 cm³/mol. The van der Waals surface area contributed by atoms with Gasteiger partial charge in [-0.2, -0.15) is 18.4 Å². The number of pyridine rings is 1. The lowest BCUT2D eigenvalue weighted by molar-refractivity contribution is -0.181.